The molecule has 0 aliphatic rings. The molecule has 0 radical (unpaired) electrons. The molecule has 0 saturated heterocycles. The SMILES string of the molecule is COC(=O)c1cnc(Nc2cccc3ccncc23)s1. The van der Waals surface area contributed by atoms with Gasteiger partial charge in [-0.15, -0.1) is 0 Å². The molecule has 0 bridgehead atoms. The fourth-order valence-electron chi connectivity index (χ4n) is 1.86. The standard InChI is InChI=1S/C14H11N3O2S/c1-19-13(18)12-8-16-14(20-12)17-11-4-2-3-9-5-6-15-7-10(9)11/h2-8H,1H3,(H,16,17). The summed E-state index contributed by atoms with van der Waals surface area (Å²) in [4.78, 5) is 20.2. The number of hydrogen-bond donors (Lipinski definition) is 1. The highest BCUT2D eigenvalue weighted by molar-refractivity contribution is 7.17. The molecule has 0 aliphatic carbocycles. The lowest BCUT2D eigenvalue weighted by atomic mass is 10.1. The van der Waals surface area contributed by atoms with Gasteiger partial charge < -0.3 is 10.1 Å². The maximum atomic E-state index is 11.4. The summed E-state index contributed by atoms with van der Waals surface area (Å²) in [5.74, 6) is -0.380. The van der Waals surface area contributed by atoms with Crippen molar-refractivity contribution >= 4 is 38.9 Å². The Balaban J connectivity index is 1.93. The van der Waals surface area contributed by atoms with E-state index >= 15 is 0 Å². The van der Waals surface area contributed by atoms with Crippen molar-refractivity contribution in [2.45, 2.75) is 0 Å². The number of nitrogens with one attached hydrogen (secondary N) is 1. The number of pyridine rings is 1. The minimum atomic E-state index is -0.380. The molecule has 100 valence electrons. The fraction of sp³-hybridized carbons (Fsp3) is 0.0714. The number of nitrogens with zero attached hydrogens (tertiary/aromatic N) is 2. The van der Waals surface area contributed by atoms with Gasteiger partial charge in [-0.2, -0.15) is 0 Å². The Labute approximate surface area is 119 Å². The molecule has 6 heteroatoms. The van der Waals surface area contributed by atoms with E-state index in [4.69, 9.17) is 0 Å². The number of esters is 1. The lowest BCUT2D eigenvalue weighted by Crippen LogP contribution is -1.96. The second kappa shape index (κ2) is 5.26. The average Bonchev–Trinajstić information content (AvgIpc) is 2.95. The number of carbonyl (C=O) groups is 1. The van der Waals surface area contributed by atoms with Crippen molar-refractivity contribution in [3.8, 4) is 0 Å². The molecule has 0 unspecified atom stereocenters. The van der Waals surface area contributed by atoms with E-state index in [0.717, 1.165) is 16.5 Å². The van der Waals surface area contributed by atoms with Crippen LogP contribution in [0.3, 0.4) is 0 Å². The first kappa shape index (κ1) is 12.6. The zero-order chi connectivity index (χ0) is 13.9. The van der Waals surface area contributed by atoms with Gasteiger partial charge in [-0.05, 0) is 17.5 Å². The highest BCUT2D eigenvalue weighted by Gasteiger charge is 2.11. The third kappa shape index (κ3) is 2.33. The van der Waals surface area contributed by atoms with Crippen molar-refractivity contribution in [2.75, 3.05) is 12.4 Å². The van der Waals surface area contributed by atoms with Crippen LogP contribution < -0.4 is 5.32 Å². The van der Waals surface area contributed by atoms with Crippen LogP contribution in [0.2, 0.25) is 0 Å². The minimum Gasteiger partial charge on any atom is -0.465 e. The molecular weight excluding hydrogens is 274 g/mol. The van der Waals surface area contributed by atoms with Gasteiger partial charge in [0.1, 0.15) is 4.88 Å². The topological polar surface area (TPSA) is 64.1 Å². The van der Waals surface area contributed by atoms with E-state index in [0.29, 0.717) is 10.0 Å². The fourth-order valence-corrected chi connectivity index (χ4v) is 2.61. The lowest BCUT2D eigenvalue weighted by Gasteiger charge is -2.06. The van der Waals surface area contributed by atoms with Gasteiger partial charge in [-0.25, -0.2) is 9.78 Å². The molecule has 3 rings (SSSR count). The van der Waals surface area contributed by atoms with Crippen LogP contribution in [0.1, 0.15) is 9.67 Å². The van der Waals surface area contributed by atoms with Crippen LogP contribution in [0.25, 0.3) is 10.8 Å². The molecule has 0 spiro atoms. The summed E-state index contributed by atoms with van der Waals surface area (Å²) < 4.78 is 4.66. The summed E-state index contributed by atoms with van der Waals surface area (Å²) in [5, 5.41) is 5.94. The van der Waals surface area contributed by atoms with Crippen LogP contribution in [-0.4, -0.2) is 23.0 Å². The normalized spacial score (nSPS) is 10.4. The second-order valence-corrected chi connectivity index (χ2v) is 5.08. The van der Waals surface area contributed by atoms with Gasteiger partial charge in [-0.1, -0.05) is 23.5 Å². The predicted molar refractivity (Wildman–Crippen MR) is 78.5 cm³/mol. The first-order valence-electron chi connectivity index (χ1n) is 5.92. The number of fused-ring (bicyclic) bond motifs is 1. The van der Waals surface area contributed by atoms with Crippen molar-refractivity contribution in [1.29, 1.82) is 0 Å². The van der Waals surface area contributed by atoms with Crippen molar-refractivity contribution in [1.82, 2.24) is 9.97 Å². The molecular formula is C14H11N3O2S. The number of benzene rings is 1. The van der Waals surface area contributed by atoms with Crippen LogP contribution in [0, 0.1) is 0 Å². The Kier molecular flexibility index (Phi) is 3.30. The van der Waals surface area contributed by atoms with Crippen molar-refractivity contribution in [3.63, 3.8) is 0 Å². The summed E-state index contributed by atoms with van der Waals surface area (Å²) in [6.45, 7) is 0. The monoisotopic (exact) mass is 285 g/mol. The first-order valence-corrected chi connectivity index (χ1v) is 6.73. The number of aromatic nitrogens is 2. The van der Waals surface area contributed by atoms with E-state index in [1.54, 1.807) is 12.4 Å². The summed E-state index contributed by atoms with van der Waals surface area (Å²) in [6.07, 6.45) is 5.06. The van der Waals surface area contributed by atoms with Gasteiger partial charge >= 0.3 is 5.97 Å². The molecule has 0 fully saturated rings. The van der Waals surface area contributed by atoms with Crippen LogP contribution in [0.15, 0.2) is 42.9 Å². The third-order valence-corrected chi connectivity index (χ3v) is 3.71. The summed E-state index contributed by atoms with van der Waals surface area (Å²) >= 11 is 1.25. The molecule has 0 aliphatic heterocycles. The minimum absolute atomic E-state index is 0.380. The molecule has 5 nitrogen and oxygen atoms in total. The predicted octanol–water partition coefficient (Wildman–Crippen LogP) is 3.22. The summed E-state index contributed by atoms with van der Waals surface area (Å²) in [7, 11) is 1.35. The maximum absolute atomic E-state index is 11.4. The number of carbonyl (C=O) groups excluding carboxylic acids is 1. The zero-order valence-corrected chi connectivity index (χ0v) is 11.5. The van der Waals surface area contributed by atoms with Crippen molar-refractivity contribution < 1.29 is 9.53 Å². The Morgan fingerprint density at radius 3 is 3.05 bits per heavy atom. The summed E-state index contributed by atoms with van der Waals surface area (Å²) in [5.41, 5.74) is 0.904. The largest absolute Gasteiger partial charge is 0.465 e. The molecule has 20 heavy (non-hydrogen) atoms. The van der Waals surface area contributed by atoms with E-state index < -0.39 is 0 Å². The molecule has 3 aromatic rings. The van der Waals surface area contributed by atoms with E-state index in [-0.39, 0.29) is 5.97 Å². The van der Waals surface area contributed by atoms with Gasteiger partial charge in [0.2, 0.25) is 0 Å². The number of methoxy groups -OCH3 is 1. The smallest absolute Gasteiger partial charge is 0.349 e. The zero-order valence-electron chi connectivity index (χ0n) is 10.7. The molecule has 1 aromatic carbocycles. The Hall–Kier alpha value is -2.47. The van der Waals surface area contributed by atoms with Gasteiger partial charge in [-0.3, -0.25) is 4.98 Å². The quantitative estimate of drug-likeness (QED) is 0.748. The Morgan fingerprint density at radius 1 is 1.30 bits per heavy atom. The highest BCUT2D eigenvalue weighted by Crippen LogP contribution is 2.28. The van der Waals surface area contributed by atoms with Gasteiger partial charge in [0.15, 0.2) is 5.13 Å². The van der Waals surface area contributed by atoms with E-state index in [9.17, 15) is 4.79 Å². The number of hydrogen-bond acceptors (Lipinski definition) is 6. The number of anilines is 2. The lowest BCUT2D eigenvalue weighted by molar-refractivity contribution is 0.0606. The Morgan fingerprint density at radius 2 is 2.20 bits per heavy atom. The number of rotatable bonds is 3. The maximum Gasteiger partial charge on any atom is 0.349 e. The van der Waals surface area contributed by atoms with Crippen LogP contribution in [-0.2, 0) is 4.74 Å². The summed E-state index contributed by atoms with van der Waals surface area (Å²) in [6, 6.07) is 7.87. The van der Waals surface area contributed by atoms with E-state index in [2.05, 4.69) is 20.0 Å². The molecule has 2 aromatic heterocycles. The number of ether oxygens (including phenoxy) is 1. The second-order valence-electron chi connectivity index (χ2n) is 4.05. The first-order chi connectivity index (χ1) is 9.78. The third-order valence-electron chi connectivity index (χ3n) is 2.82. The highest BCUT2D eigenvalue weighted by atomic mass is 32.1. The molecule has 0 saturated carbocycles. The van der Waals surface area contributed by atoms with Crippen molar-refractivity contribution in [3.05, 3.63) is 47.7 Å². The average molecular weight is 285 g/mol. The molecule has 0 amide bonds. The van der Waals surface area contributed by atoms with Gasteiger partial charge in [0, 0.05) is 23.5 Å². The van der Waals surface area contributed by atoms with Gasteiger partial charge in [0.25, 0.3) is 0 Å². The van der Waals surface area contributed by atoms with Crippen LogP contribution >= 0.6 is 11.3 Å². The Bertz CT molecular complexity index is 764. The van der Waals surface area contributed by atoms with E-state index in [1.165, 1.54) is 24.6 Å². The van der Waals surface area contributed by atoms with Crippen LogP contribution in [0.5, 0.6) is 0 Å². The van der Waals surface area contributed by atoms with Gasteiger partial charge in [0.05, 0.1) is 13.3 Å². The number of thiazole rings is 1. The molecule has 1 N–H and O–H groups in total. The van der Waals surface area contributed by atoms with Crippen LogP contribution in [0.4, 0.5) is 10.8 Å². The molecule has 2 heterocycles. The van der Waals surface area contributed by atoms with Crippen molar-refractivity contribution in [2.24, 2.45) is 0 Å². The molecule has 0 atom stereocenters. The van der Waals surface area contributed by atoms with E-state index in [1.807, 2.05) is 24.3 Å².